The van der Waals surface area contributed by atoms with Crippen molar-refractivity contribution in [1.82, 2.24) is 9.88 Å². The number of aromatic nitrogens is 1. The highest BCUT2D eigenvalue weighted by molar-refractivity contribution is 5.94. The molecule has 0 fully saturated rings. The number of fused-ring (bicyclic) bond motifs is 3. The summed E-state index contributed by atoms with van der Waals surface area (Å²) in [5.74, 6) is -1.34. The number of rotatable bonds is 4. The van der Waals surface area contributed by atoms with Gasteiger partial charge in [-0.2, -0.15) is 0 Å². The van der Waals surface area contributed by atoms with Gasteiger partial charge in [-0.3, -0.25) is 4.79 Å². The Kier molecular flexibility index (Phi) is 5.33. The maximum atomic E-state index is 12.9. The van der Waals surface area contributed by atoms with Gasteiger partial charge in [0.2, 0.25) is 5.91 Å². The summed E-state index contributed by atoms with van der Waals surface area (Å²) in [5, 5.41) is 0.994. The third-order valence-corrected chi connectivity index (χ3v) is 5.68. The third kappa shape index (κ3) is 3.38. The Morgan fingerprint density at radius 3 is 2.42 bits per heavy atom. The minimum absolute atomic E-state index is 0.322. The van der Waals surface area contributed by atoms with Gasteiger partial charge in [0.25, 0.3) is 0 Å². The first-order valence-corrected chi connectivity index (χ1v) is 9.80. The topological polar surface area (TPSA) is 88.7 Å². The van der Waals surface area contributed by atoms with E-state index in [1.54, 1.807) is 24.3 Å². The summed E-state index contributed by atoms with van der Waals surface area (Å²) >= 11 is 0. The van der Waals surface area contributed by atoms with Crippen LogP contribution in [0.1, 0.15) is 33.2 Å². The summed E-state index contributed by atoms with van der Waals surface area (Å²) in [5.41, 5.74) is 3.83. The second-order valence-corrected chi connectivity index (χ2v) is 7.27. The quantitative estimate of drug-likeness (QED) is 0.519. The standard InChI is InChI=1S/C24H22N2O5/c1-4-20(27)26-19(24(29)31-3)13-17-16-7-5-6-8-18(16)25-21(17)22(26)14-9-11-15(12-10-14)23(28)30-2/h4-12,19,22,25H,1,13H2,2-3H3. The molecule has 2 aromatic carbocycles. The summed E-state index contributed by atoms with van der Waals surface area (Å²) in [4.78, 5) is 42.4. The molecular formula is C24H22N2O5. The first kappa shape index (κ1) is 20.4. The number of H-pyrrole nitrogens is 1. The van der Waals surface area contributed by atoms with Crippen molar-refractivity contribution in [3.63, 3.8) is 0 Å². The summed E-state index contributed by atoms with van der Waals surface area (Å²) in [7, 11) is 2.63. The number of nitrogens with one attached hydrogen (secondary N) is 1. The molecule has 0 aliphatic carbocycles. The molecule has 2 atom stereocenters. The molecule has 7 heteroatoms. The summed E-state index contributed by atoms with van der Waals surface area (Å²) in [6, 6.07) is 13.2. The minimum Gasteiger partial charge on any atom is -0.467 e. The lowest BCUT2D eigenvalue weighted by Gasteiger charge is -2.40. The lowest BCUT2D eigenvalue weighted by Crippen LogP contribution is -2.51. The Labute approximate surface area is 179 Å². The Hall–Kier alpha value is -3.87. The van der Waals surface area contributed by atoms with Crippen LogP contribution in [-0.2, 0) is 25.5 Å². The molecule has 0 bridgehead atoms. The van der Waals surface area contributed by atoms with Crippen molar-refractivity contribution in [2.45, 2.75) is 18.5 Å². The van der Waals surface area contributed by atoms with Gasteiger partial charge in [-0.1, -0.05) is 36.9 Å². The highest BCUT2D eigenvalue weighted by Crippen LogP contribution is 2.41. The highest BCUT2D eigenvalue weighted by atomic mass is 16.5. The van der Waals surface area contributed by atoms with Crippen LogP contribution in [0.4, 0.5) is 0 Å². The van der Waals surface area contributed by atoms with E-state index >= 15 is 0 Å². The fraction of sp³-hybridized carbons (Fsp3) is 0.208. The molecule has 2 unspecified atom stereocenters. The van der Waals surface area contributed by atoms with Gasteiger partial charge in [0.1, 0.15) is 6.04 Å². The van der Waals surface area contributed by atoms with Gasteiger partial charge in [0.15, 0.2) is 0 Å². The molecule has 1 N–H and O–H groups in total. The summed E-state index contributed by atoms with van der Waals surface area (Å²) < 4.78 is 9.80. The van der Waals surface area contributed by atoms with Crippen LogP contribution in [0.25, 0.3) is 10.9 Å². The number of esters is 2. The van der Waals surface area contributed by atoms with Crippen LogP contribution in [0.15, 0.2) is 61.2 Å². The number of nitrogens with zero attached hydrogens (tertiary/aromatic N) is 1. The van der Waals surface area contributed by atoms with Crippen LogP contribution in [0.5, 0.6) is 0 Å². The molecular weight excluding hydrogens is 396 g/mol. The van der Waals surface area contributed by atoms with Crippen LogP contribution >= 0.6 is 0 Å². The zero-order valence-electron chi connectivity index (χ0n) is 17.3. The third-order valence-electron chi connectivity index (χ3n) is 5.68. The molecule has 0 radical (unpaired) electrons. The van der Waals surface area contributed by atoms with Gasteiger partial charge >= 0.3 is 11.9 Å². The van der Waals surface area contributed by atoms with Crippen LogP contribution < -0.4 is 0 Å². The molecule has 31 heavy (non-hydrogen) atoms. The normalized spacial score (nSPS) is 17.7. The van der Waals surface area contributed by atoms with E-state index in [9.17, 15) is 14.4 Å². The first-order chi connectivity index (χ1) is 15.0. The predicted octanol–water partition coefficient (Wildman–Crippen LogP) is 3.16. The van der Waals surface area contributed by atoms with Crippen molar-refractivity contribution in [2.24, 2.45) is 0 Å². The molecule has 0 saturated heterocycles. The zero-order chi connectivity index (χ0) is 22.1. The van der Waals surface area contributed by atoms with Gasteiger partial charge in [-0.25, -0.2) is 9.59 Å². The van der Waals surface area contributed by atoms with Crippen molar-refractivity contribution in [1.29, 1.82) is 0 Å². The average molecular weight is 418 g/mol. The Morgan fingerprint density at radius 2 is 1.77 bits per heavy atom. The van der Waals surface area contributed by atoms with E-state index in [0.29, 0.717) is 12.0 Å². The monoisotopic (exact) mass is 418 g/mol. The number of amides is 1. The average Bonchev–Trinajstić information content (AvgIpc) is 3.19. The Morgan fingerprint density at radius 1 is 1.06 bits per heavy atom. The van der Waals surface area contributed by atoms with Gasteiger partial charge < -0.3 is 19.4 Å². The lowest BCUT2D eigenvalue weighted by atomic mass is 9.87. The Bertz CT molecular complexity index is 1180. The Balaban J connectivity index is 1.93. The van der Waals surface area contributed by atoms with E-state index in [-0.39, 0.29) is 5.91 Å². The number of carbonyl (C=O) groups excluding carboxylic acids is 3. The minimum atomic E-state index is -0.813. The van der Waals surface area contributed by atoms with Crippen molar-refractivity contribution < 1.29 is 23.9 Å². The number of hydrogen-bond acceptors (Lipinski definition) is 5. The number of para-hydroxylation sites is 1. The fourth-order valence-corrected chi connectivity index (χ4v) is 4.25. The summed E-state index contributed by atoms with van der Waals surface area (Å²) in [6.45, 7) is 3.62. The molecule has 4 rings (SSSR count). The van der Waals surface area contributed by atoms with Crippen molar-refractivity contribution in [2.75, 3.05) is 14.2 Å². The van der Waals surface area contributed by atoms with Gasteiger partial charge in [0.05, 0.1) is 25.8 Å². The largest absolute Gasteiger partial charge is 0.467 e. The van der Waals surface area contributed by atoms with E-state index in [1.807, 2.05) is 24.3 Å². The highest BCUT2D eigenvalue weighted by Gasteiger charge is 2.43. The summed E-state index contributed by atoms with van der Waals surface area (Å²) in [6.07, 6.45) is 1.52. The molecule has 158 valence electrons. The van der Waals surface area contributed by atoms with Crippen molar-refractivity contribution in [3.05, 3.63) is 83.6 Å². The fourth-order valence-electron chi connectivity index (χ4n) is 4.25. The van der Waals surface area contributed by atoms with Crippen LogP contribution in [0.3, 0.4) is 0 Å². The molecule has 1 aromatic heterocycles. The second kappa shape index (κ2) is 8.10. The number of methoxy groups -OCH3 is 2. The van der Waals surface area contributed by atoms with Crippen LogP contribution in [0, 0.1) is 0 Å². The van der Waals surface area contributed by atoms with Crippen LogP contribution in [0.2, 0.25) is 0 Å². The second-order valence-electron chi connectivity index (χ2n) is 7.27. The molecule has 3 aromatic rings. The molecule has 1 amide bonds. The van der Waals surface area contributed by atoms with Crippen LogP contribution in [-0.4, -0.2) is 48.0 Å². The van der Waals surface area contributed by atoms with Gasteiger partial charge in [-0.05, 0) is 35.4 Å². The van der Waals surface area contributed by atoms with Crippen molar-refractivity contribution in [3.8, 4) is 0 Å². The SMILES string of the molecule is C=CC(=O)N1C(C(=O)OC)Cc2c([nH]c3ccccc23)C1c1ccc(C(=O)OC)cc1. The smallest absolute Gasteiger partial charge is 0.337 e. The molecule has 1 aliphatic heterocycles. The van der Waals surface area contributed by atoms with E-state index < -0.39 is 24.0 Å². The maximum absolute atomic E-state index is 12.9. The van der Waals surface area contributed by atoms with E-state index in [0.717, 1.165) is 27.7 Å². The molecule has 0 saturated carbocycles. The van der Waals surface area contributed by atoms with Gasteiger partial charge in [0, 0.05) is 23.0 Å². The number of carbonyl (C=O) groups is 3. The van der Waals surface area contributed by atoms with E-state index in [1.165, 1.54) is 25.2 Å². The zero-order valence-corrected chi connectivity index (χ0v) is 17.3. The lowest BCUT2D eigenvalue weighted by molar-refractivity contribution is -0.153. The number of aromatic amines is 1. The van der Waals surface area contributed by atoms with Crippen molar-refractivity contribution >= 4 is 28.7 Å². The molecule has 0 spiro atoms. The van der Waals surface area contributed by atoms with Gasteiger partial charge in [-0.15, -0.1) is 0 Å². The molecule has 7 nitrogen and oxygen atoms in total. The van der Waals surface area contributed by atoms with E-state index in [2.05, 4.69) is 11.6 Å². The maximum Gasteiger partial charge on any atom is 0.337 e. The molecule has 1 aliphatic rings. The first-order valence-electron chi connectivity index (χ1n) is 9.80. The predicted molar refractivity (Wildman–Crippen MR) is 114 cm³/mol. The molecule has 2 heterocycles. The number of ether oxygens (including phenoxy) is 2. The number of hydrogen-bond donors (Lipinski definition) is 1. The number of benzene rings is 2. The van der Waals surface area contributed by atoms with E-state index in [4.69, 9.17) is 9.47 Å².